The maximum absolute atomic E-state index is 12.8. The molecule has 3 heterocycles. The largest absolute Gasteiger partial charge is 0.393 e. The van der Waals surface area contributed by atoms with Gasteiger partial charge < -0.3 is 15.3 Å². The number of H-pyrrole nitrogens is 1. The minimum Gasteiger partial charge on any atom is -0.393 e. The standard InChI is InChI=1S/C21H27N5O3/c27-17-3-1-16(2-4-17)23-20(28)15-7-11-26(12-8-15)21(29)19-13-18(24-25-19)14-5-9-22-10-6-14/h5-6,9-10,13,15-17,27H,1-4,7-8,11-12H2,(H,23,28)(H,24,25). The van der Waals surface area contributed by atoms with E-state index >= 15 is 0 Å². The fraction of sp³-hybridized carbons (Fsp3) is 0.524. The molecule has 3 N–H and O–H groups in total. The predicted octanol–water partition coefficient (Wildman–Crippen LogP) is 1.74. The number of aromatic nitrogens is 3. The van der Waals surface area contributed by atoms with E-state index in [9.17, 15) is 14.7 Å². The molecule has 154 valence electrons. The Morgan fingerprint density at radius 3 is 2.45 bits per heavy atom. The summed E-state index contributed by atoms with van der Waals surface area (Å²) in [5, 5.41) is 19.8. The number of amides is 2. The number of piperidine rings is 1. The highest BCUT2D eigenvalue weighted by molar-refractivity contribution is 5.93. The van der Waals surface area contributed by atoms with Crippen LogP contribution in [0.1, 0.15) is 49.0 Å². The van der Waals surface area contributed by atoms with Crippen molar-refractivity contribution in [3.8, 4) is 11.3 Å². The number of carbonyl (C=O) groups is 2. The van der Waals surface area contributed by atoms with Crippen molar-refractivity contribution in [2.45, 2.75) is 50.7 Å². The second kappa shape index (κ2) is 8.73. The molecule has 29 heavy (non-hydrogen) atoms. The van der Waals surface area contributed by atoms with Crippen molar-refractivity contribution in [2.75, 3.05) is 13.1 Å². The highest BCUT2D eigenvalue weighted by atomic mass is 16.3. The van der Waals surface area contributed by atoms with Crippen LogP contribution in [-0.2, 0) is 4.79 Å². The normalized spacial score (nSPS) is 23.0. The van der Waals surface area contributed by atoms with Gasteiger partial charge in [0.05, 0.1) is 11.8 Å². The topological polar surface area (TPSA) is 111 Å². The SMILES string of the molecule is O=C(NC1CCC(O)CC1)C1CCN(C(=O)c2cc(-c3ccncc3)[nH]n2)CC1. The van der Waals surface area contributed by atoms with Gasteiger partial charge in [-0.15, -0.1) is 0 Å². The van der Waals surface area contributed by atoms with Gasteiger partial charge >= 0.3 is 0 Å². The summed E-state index contributed by atoms with van der Waals surface area (Å²) in [6.45, 7) is 1.11. The molecule has 0 atom stereocenters. The number of nitrogens with zero attached hydrogens (tertiary/aromatic N) is 3. The van der Waals surface area contributed by atoms with E-state index in [2.05, 4.69) is 20.5 Å². The summed E-state index contributed by atoms with van der Waals surface area (Å²) < 4.78 is 0. The Morgan fingerprint density at radius 2 is 1.76 bits per heavy atom. The molecule has 2 fully saturated rings. The lowest BCUT2D eigenvalue weighted by Gasteiger charge is -2.33. The molecule has 2 aromatic heterocycles. The van der Waals surface area contributed by atoms with Crippen molar-refractivity contribution >= 4 is 11.8 Å². The molecular formula is C21H27N5O3. The Bertz CT molecular complexity index is 837. The number of likely N-dealkylation sites (tertiary alicyclic amines) is 1. The minimum atomic E-state index is -0.224. The number of aromatic amines is 1. The van der Waals surface area contributed by atoms with Crippen molar-refractivity contribution in [1.29, 1.82) is 0 Å². The summed E-state index contributed by atoms with van der Waals surface area (Å²) in [5.41, 5.74) is 2.10. The lowest BCUT2D eigenvalue weighted by atomic mass is 9.91. The fourth-order valence-corrected chi connectivity index (χ4v) is 4.16. The first-order chi connectivity index (χ1) is 14.1. The number of carbonyl (C=O) groups excluding carboxylic acids is 2. The quantitative estimate of drug-likeness (QED) is 0.728. The van der Waals surface area contributed by atoms with Crippen LogP contribution in [0.25, 0.3) is 11.3 Å². The zero-order valence-electron chi connectivity index (χ0n) is 16.4. The summed E-state index contributed by atoms with van der Waals surface area (Å²) in [5.74, 6) is -0.0858. The lowest BCUT2D eigenvalue weighted by Crippen LogP contribution is -2.46. The molecule has 0 radical (unpaired) electrons. The van der Waals surface area contributed by atoms with E-state index in [1.54, 1.807) is 23.4 Å². The lowest BCUT2D eigenvalue weighted by molar-refractivity contribution is -0.127. The van der Waals surface area contributed by atoms with Crippen LogP contribution in [-0.4, -0.2) is 62.2 Å². The van der Waals surface area contributed by atoms with E-state index in [1.165, 1.54) is 0 Å². The number of aliphatic hydroxyl groups excluding tert-OH is 1. The van der Waals surface area contributed by atoms with E-state index < -0.39 is 0 Å². The van der Waals surface area contributed by atoms with Gasteiger partial charge in [0.2, 0.25) is 5.91 Å². The van der Waals surface area contributed by atoms with Crippen LogP contribution >= 0.6 is 0 Å². The van der Waals surface area contributed by atoms with Crippen LogP contribution in [0.15, 0.2) is 30.6 Å². The average molecular weight is 397 g/mol. The van der Waals surface area contributed by atoms with Crippen molar-refractivity contribution in [3.63, 3.8) is 0 Å². The Kier molecular flexibility index (Phi) is 5.89. The first kappa shape index (κ1) is 19.6. The number of pyridine rings is 1. The van der Waals surface area contributed by atoms with Gasteiger partial charge in [-0.25, -0.2) is 0 Å². The van der Waals surface area contributed by atoms with Crippen LogP contribution in [0, 0.1) is 5.92 Å². The van der Waals surface area contributed by atoms with E-state index in [1.807, 2.05) is 12.1 Å². The van der Waals surface area contributed by atoms with Crippen molar-refractivity contribution in [1.82, 2.24) is 25.4 Å². The summed E-state index contributed by atoms with van der Waals surface area (Å²) in [6, 6.07) is 5.65. The second-order valence-electron chi connectivity index (χ2n) is 7.98. The summed E-state index contributed by atoms with van der Waals surface area (Å²) in [7, 11) is 0. The van der Waals surface area contributed by atoms with Gasteiger partial charge in [0, 0.05) is 43.0 Å². The predicted molar refractivity (Wildman–Crippen MR) is 107 cm³/mol. The first-order valence-corrected chi connectivity index (χ1v) is 10.3. The van der Waals surface area contributed by atoms with E-state index in [-0.39, 0.29) is 29.9 Å². The molecule has 0 aromatic carbocycles. The summed E-state index contributed by atoms with van der Waals surface area (Å²) >= 11 is 0. The molecule has 0 bridgehead atoms. The third-order valence-electron chi connectivity index (χ3n) is 5.98. The van der Waals surface area contributed by atoms with Gasteiger partial charge in [0.25, 0.3) is 5.91 Å². The zero-order chi connectivity index (χ0) is 20.2. The summed E-state index contributed by atoms with van der Waals surface area (Å²) in [6.07, 6.45) is 7.67. The van der Waals surface area contributed by atoms with Crippen LogP contribution in [0.4, 0.5) is 0 Å². The third-order valence-corrected chi connectivity index (χ3v) is 5.98. The monoisotopic (exact) mass is 397 g/mol. The average Bonchev–Trinajstić information content (AvgIpc) is 3.26. The molecule has 1 saturated carbocycles. The maximum atomic E-state index is 12.8. The molecule has 1 aliphatic carbocycles. The van der Waals surface area contributed by atoms with Gasteiger partial charge in [-0.1, -0.05) is 0 Å². The molecule has 2 amide bonds. The highest BCUT2D eigenvalue weighted by Crippen LogP contribution is 2.23. The Labute approximate surface area is 169 Å². The first-order valence-electron chi connectivity index (χ1n) is 10.3. The molecule has 1 saturated heterocycles. The number of nitrogens with one attached hydrogen (secondary N) is 2. The minimum absolute atomic E-state index is 0.0579. The van der Waals surface area contributed by atoms with E-state index in [4.69, 9.17) is 0 Å². The molecule has 8 heteroatoms. The van der Waals surface area contributed by atoms with Crippen molar-refractivity contribution < 1.29 is 14.7 Å². The summed E-state index contributed by atoms with van der Waals surface area (Å²) in [4.78, 5) is 31.1. The Hall–Kier alpha value is -2.74. The van der Waals surface area contributed by atoms with Gasteiger partial charge in [-0.05, 0) is 56.7 Å². The van der Waals surface area contributed by atoms with Crippen LogP contribution in [0.3, 0.4) is 0 Å². The maximum Gasteiger partial charge on any atom is 0.274 e. The second-order valence-corrected chi connectivity index (χ2v) is 7.98. The molecule has 2 aliphatic rings. The molecule has 0 spiro atoms. The van der Waals surface area contributed by atoms with E-state index in [0.29, 0.717) is 31.6 Å². The molecule has 4 rings (SSSR count). The number of rotatable bonds is 4. The van der Waals surface area contributed by atoms with Gasteiger partial charge in [0.15, 0.2) is 5.69 Å². The molecular weight excluding hydrogens is 370 g/mol. The fourth-order valence-electron chi connectivity index (χ4n) is 4.16. The zero-order valence-corrected chi connectivity index (χ0v) is 16.4. The van der Waals surface area contributed by atoms with Crippen molar-refractivity contribution in [2.24, 2.45) is 5.92 Å². The van der Waals surface area contributed by atoms with Gasteiger partial charge in [0.1, 0.15) is 0 Å². The van der Waals surface area contributed by atoms with Gasteiger partial charge in [-0.2, -0.15) is 5.10 Å². The molecule has 8 nitrogen and oxygen atoms in total. The Balaban J connectivity index is 1.28. The van der Waals surface area contributed by atoms with E-state index in [0.717, 1.165) is 36.9 Å². The molecule has 2 aromatic rings. The van der Waals surface area contributed by atoms with Crippen LogP contribution < -0.4 is 5.32 Å². The van der Waals surface area contributed by atoms with Crippen molar-refractivity contribution in [3.05, 3.63) is 36.3 Å². The number of aliphatic hydroxyl groups is 1. The van der Waals surface area contributed by atoms with Crippen LogP contribution in [0.2, 0.25) is 0 Å². The third kappa shape index (κ3) is 4.64. The molecule has 0 unspecified atom stereocenters. The van der Waals surface area contributed by atoms with Crippen LogP contribution in [0.5, 0.6) is 0 Å². The Morgan fingerprint density at radius 1 is 1.07 bits per heavy atom. The smallest absolute Gasteiger partial charge is 0.274 e. The number of hydrogen-bond acceptors (Lipinski definition) is 5. The van der Waals surface area contributed by atoms with Gasteiger partial charge in [-0.3, -0.25) is 19.7 Å². The number of hydrogen-bond donors (Lipinski definition) is 3. The molecule has 1 aliphatic heterocycles. The highest BCUT2D eigenvalue weighted by Gasteiger charge is 2.30.